The largest absolute Gasteiger partial charge is 0.459 e. The molecule has 1 N–H and O–H groups in total. The Morgan fingerprint density at radius 3 is 2.44 bits per heavy atom. The number of hydrogen-bond donors (Lipinski definition) is 1. The summed E-state index contributed by atoms with van der Waals surface area (Å²) < 4.78 is 38.9. The van der Waals surface area contributed by atoms with E-state index in [9.17, 15) is 13.2 Å². The number of carbonyl (C=O) groups is 1. The van der Waals surface area contributed by atoms with Crippen molar-refractivity contribution < 1.29 is 22.0 Å². The summed E-state index contributed by atoms with van der Waals surface area (Å²) in [5.41, 5.74) is 4.17. The molecule has 174 valence electrons. The van der Waals surface area contributed by atoms with Gasteiger partial charge in [0.15, 0.2) is 5.76 Å². The van der Waals surface area contributed by atoms with Gasteiger partial charge in [-0.15, -0.1) is 0 Å². The first-order chi connectivity index (χ1) is 16.4. The standard InChI is InChI=1S/C25H23N3O5S/c1-19-9-13-23(14-10-19)34(30,31)28(17-20-6-3-2-4-7-20)18-22-12-11-21(33-22)16-26-27-25(29)24-8-5-15-32-24/h2-16H,17-18H2,1H3,(H,27,29)/b26-16-. The smallest absolute Gasteiger partial charge is 0.307 e. The molecule has 0 radical (unpaired) electrons. The van der Waals surface area contributed by atoms with Crippen LogP contribution in [0.5, 0.6) is 0 Å². The van der Waals surface area contributed by atoms with Gasteiger partial charge < -0.3 is 8.83 Å². The molecule has 0 aliphatic rings. The zero-order valence-corrected chi connectivity index (χ0v) is 19.2. The fourth-order valence-corrected chi connectivity index (χ4v) is 4.61. The summed E-state index contributed by atoms with van der Waals surface area (Å²) >= 11 is 0. The zero-order valence-electron chi connectivity index (χ0n) is 18.4. The fourth-order valence-electron chi connectivity index (χ4n) is 3.21. The molecule has 0 unspecified atom stereocenters. The van der Waals surface area contributed by atoms with Gasteiger partial charge in [-0.3, -0.25) is 4.79 Å². The Balaban J connectivity index is 1.51. The van der Waals surface area contributed by atoms with Gasteiger partial charge in [0.05, 0.1) is 23.9 Å². The van der Waals surface area contributed by atoms with Crippen LogP contribution in [0.3, 0.4) is 0 Å². The molecule has 34 heavy (non-hydrogen) atoms. The van der Waals surface area contributed by atoms with Gasteiger partial charge in [-0.2, -0.15) is 9.41 Å². The van der Waals surface area contributed by atoms with E-state index in [4.69, 9.17) is 8.83 Å². The van der Waals surface area contributed by atoms with Crippen LogP contribution < -0.4 is 5.43 Å². The molecule has 2 heterocycles. The molecule has 0 spiro atoms. The van der Waals surface area contributed by atoms with Crippen molar-refractivity contribution in [2.24, 2.45) is 5.10 Å². The maximum Gasteiger partial charge on any atom is 0.307 e. The van der Waals surface area contributed by atoms with E-state index in [1.807, 2.05) is 37.3 Å². The highest BCUT2D eigenvalue weighted by Crippen LogP contribution is 2.22. The van der Waals surface area contributed by atoms with Crippen LogP contribution in [-0.4, -0.2) is 24.8 Å². The zero-order chi connectivity index (χ0) is 24.0. The minimum absolute atomic E-state index is 0.0255. The predicted octanol–water partition coefficient (Wildman–Crippen LogP) is 4.34. The Bertz CT molecular complexity index is 1360. The van der Waals surface area contributed by atoms with Crippen LogP contribution in [0.4, 0.5) is 0 Å². The van der Waals surface area contributed by atoms with Crippen LogP contribution in [0.25, 0.3) is 0 Å². The third-order valence-corrected chi connectivity index (χ3v) is 6.78. The van der Waals surface area contributed by atoms with Gasteiger partial charge in [0.2, 0.25) is 10.0 Å². The number of furan rings is 2. The highest BCUT2D eigenvalue weighted by Gasteiger charge is 2.26. The maximum absolute atomic E-state index is 13.4. The summed E-state index contributed by atoms with van der Waals surface area (Å²) in [6, 6.07) is 22.6. The van der Waals surface area contributed by atoms with Crippen LogP contribution in [-0.2, 0) is 23.1 Å². The van der Waals surface area contributed by atoms with E-state index in [1.54, 1.807) is 42.5 Å². The van der Waals surface area contributed by atoms with Gasteiger partial charge in [0.25, 0.3) is 0 Å². The molecule has 9 heteroatoms. The second kappa shape index (κ2) is 10.3. The lowest BCUT2D eigenvalue weighted by atomic mass is 10.2. The molecule has 4 rings (SSSR count). The first kappa shape index (κ1) is 23.2. The van der Waals surface area contributed by atoms with Crippen molar-refractivity contribution in [3.05, 3.63) is 114 Å². The highest BCUT2D eigenvalue weighted by atomic mass is 32.2. The number of carbonyl (C=O) groups excluding carboxylic acids is 1. The molecule has 2 aromatic heterocycles. The second-order valence-electron chi connectivity index (χ2n) is 7.55. The van der Waals surface area contributed by atoms with E-state index < -0.39 is 15.9 Å². The number of aryl methyl sites for hydroxylation is 1. The summed E-state index contributed by atoms with van der Waals surface area (Å²) in [5, 5.41) is 3.85. The van der Waals surface area contributed by atoms with Gasteiger partial charge in [0, 0.05) is 6.54 Å². The van der Waals surface area contributed by atoms with Crippen molar-refractivity contribution >= 4 is 22.1 Å². The first-order valence-corrected chi connectivity index (χ1v) is 11.9. The molecule has 0 saturated carbocycles. The van der Waals surface area contributed by atoms with Crippen molar-refractivity contribution in [1.29, 1.82) is 0 Å². The third-order valence-electron chi connectivity index (χ3n) is 4.98. The Labute approximate surface area is 197 Å². The maximum atomic E-state index is 13.4. The average molecular weight is 478 g/mol. The summed E-state index contributed by atoms with van der Waals surface area (Å²) in [4.78, 5) is 12.1. The highest BCUT2D eigenvalue weighted by molar-refractivity contribution is 7.89. The number of nitrogens with zero attached hydrogens (tertiary/aromatic N) is 2. The molecule has 0 saturated heterocycles. The minimum Gasteiger partial charge on any atom is -0.459 e. The number of nitrogens with one attached hydrogen (secondary N) is 1. The van der Waals surface area contributed by atoms with Crippen molar-refractivity contribution in [3.8, 4) is 0 Å². The normalized spacial score (nSPS) is 11.8. The van der Waals surface area contributed by atoms with Gasteiger partial charge in [-0.1, -0.05) is 48.0 Å². The molecule has 2 aromatic carbocycles. The molecule has 0 aliphatic carbocycles. The van der Waals surface area contributed by atoms with Crippen molar-refractivity contribution in [3.63, 3.8) is 0 Å². The first-order valence-electron chi connectivity index (χ1n) is 10.5. The van der Waals surface area contributed by atoms with E-state index in [0.717, 1.165) is 11.1 Å². The summed E-state index contributed by atoms with van der Waals surface area (Å²) in [6.07, 6.45) is 2.73. The summed E-state index contributed by atoms with van der Waals surface area (Å²) in [7, 11) is -3.79. The van der Waals surface area contributed by atoms with E-state index in [1.165, 1.54) is 22.8 Å². The van der Waals surface area contributed by atoms with E-state index in [2.05, 4.69) is 10.5 Å². The van der Waals surface area contributed by atoms with E-state index in [0.29, 0.717) is 11.5 Å². The summed E-state index contributed by atoms with van der Waals surface area (Å²) in [6.45, 7) is 2.11. The molecule has 0 aliphatic heterocycles. The van der Waals surface area contributed by atoms with E-state index in [-0.39, 0.29) is 23.7 Å². The number of amides is 1. The van der Waals surface area contributed by atoms with Gasteiger partial charge in [-0.05, 0) is 48.9 Å². The quantitative estimate of drug-likeness (QED) is 0.285. The lowest BCUT2D eigenvalue weighted by Crippen LogP contribution is -2.30. The number of sulfonamides is 1. The minimum atomic E-state index is -3.79. The number of rotatable bonds is 9. The summed E-state index contributed by atoms with van der Waals surface area (Å²) in [5.74, 6) is 0.439. The average Bonchev–Trinajstić information content (AvgIpc) is 3.52. The van der Waals surface area contributed by atoms with Crippen molar-refractivity contribution in [1.82, 2.24) is 9.73 Å². The van der Waals surface area contributed by atoms with Crippen LogP contribution in [0.15, 0.2) is 104 Å². The Morgan fingerprint density at radius 1 is 0.971 bits per heavy atom. The topological polar surface area (TPSA) is 105 Å². The third kappa shape index (κ3) is 5.69. The Hall–Kier alpha value is -3.95. The molecular formula is C25H23N3O5S. The fraction of sp³-hybridized carbons (Fsp3) is 0.120. The molecule has 4 aromatic rings. The van der Waals surface area contributed by atoms with Gasteiger partial charge in [0.1, 0.15) is 11.5 Å². The number of hydrazone groups is 1. The molecule has 8 nitrogen and oxygen atoms in total. The van der Waals surface area contributed by atoms with Crippen LogP contribution in [0.2, 0.25) is 0 Å². The number of benzene rings is 2. The Kier molecular flexibility index (Phi) is 7.05. The molecule has 0 bridgehead atoms. The van der Waals surface area contributed by atoms with Gasteiger partial charge in [-0.25, -0.2) is 13.8 Å². The molecule has 0 atom stereocenters. The van der Waals surface area contributed by atoms with Crippen LogP contribution >= 0.6 is 0 Å². The lowest BCUT2D eigenvalue weighted by Gasteiger charge is -2.21. The van der Waals surface area contributed by atoms with Crippen molar-refractivity contribution in [2.75, 3.05) is 0 Å². The molecule has 0 fully saturated rings. The van der Waals surface area contributed by atoms with Crippen molar-refractivity contribution in [2.45, 2.75) is 24.9 Å². The molecule has 1 amide bonds. The van der Waals surface area contributed by atoms with Gasteiger partial charge >= 0.3 is 5.91 Å². The number of hydrogen-bond acceptors (Lipinski definition) is 6. The Morgan fingerprint density at radius 2 is 1.74 bits per heavy atom. The molecular weight excluding hydrogens is 454 g/mol. The predicted molar refractivity (Wildman–Crippen MR) is 127 cm³/mol. The van der Waals surface area contributed by atoms with E-state index >= 15 is 0 Å². The SMILES string of the molecule is Cc1ccc(S(=O)(=O)N(Cc2ccccc2)Cc2ccc(/C=N\NC(=O)c3ccco3)o2)cc1. The van der Waals surface area contributed by atoms with Crippen LogP contribution in [0, 0.1) is 6.92 Å². The van der Waals surface area contributed by atoms with Crippen LogP contribution in [0.1, 0.15) is 33.2 Å². The lowest BCUT2D eigenvalue weighted by molar-refractivity contribution is 0.0927. The second-order valence-corrected chi connectivity index (χ2v) is 9.49. The monoisotopic (exact) mass is 477 g/mol.